The van der Waals surface area contributed by atoms with Crippen LogP contribution in [-0.4, -0.2) is 80.2 Å². The van der Waals surface area contributed by atoms with Crippen LogP contribution in [0.25, 0.3) is 10.4 Å². The molecule has 0 aromatic heterocycles. The van der Waals surface area contributed by atoms with Gasteiger partial charge in [0.2, 0.25) is 0 Å². The first-order chi connectivity index (χ1) is 15.0. The van der Waals surface area contributed by atoms with Crippen molar-refractivity contribution in [1.82, 2.24) is 5.32 Å². The van der Waals surface area contributed by atoms with Crippen molar-refractivity contribution in [3.8, 4) is 5.75 Å². The van der Waals surface area contributed by atoms with Gasteiger partial charge in [0.1, 0.15) is 11.8 Å². The third-order valence-electron chi connectivity index (χ3n) is 4.31. The number of carboxylic acid groups (broad SMARTS) is 1. The molecule has 0 heterocycles. The van der Waals surface area contributed by atoms with Gasteiger partial charge in [-0.25, -0.2) is 0 Å². The van der Waals surface area contributed by atoms with Crippen LogP contribution in [0.5, 0.6) is 5.75 Å². The van der Waals surface area contributed by atoms with Gasteiger partial charge in [0.25, 0.3) is 5.91 Å². The van der Waals surface area contributed by atoms with Crippen molar-refractivity contribution in [2.75, 3.05) is 12.7 Å². The molecule has 1 amide bonds. The third kappa shape index (κ3) is 12.2. The number of phenols is 1. The summed E-state index contributed by atoms with van der Waals surface area (Å²) in [4.78, 5) is 44.0. The maximum absolute atomic E-state index is 12.2. The Balaban J connectivity index is 0.0000102. The van der Waals surface area contributed by atoms with Crippen molar-refractivity contribution < 1.29 is 34.2 Å². The number of nitrogens with one attached hydrogen (secondary N) is 1. The molecule has 7 N–H and O–H groups in total. The molecular formula is C18H25IN5NaO7P. The van der Waals surface area contributed by atoms with E-state index >= 15 is 0 Å². The zero-order chi connectivity index (χ0) is 24.3. The fourth-order valence-electron chi connectivity index (χ4n) is 2.80. The molecule has 1 rings (SSSR count). The van der Waals surface area contributed by atoms with E-state index in [4.69, 9.17) is 26.2 Å². The third-order valence-corrected chi connectivity index (χ3v) is 6.19. The summed E-state index contributed by atoms with van der Waals surface area (Å²) in [6.07, 6.45) is 3.56. The monoisotopic (exact) mass is 604 g/mol. The number of carbonyl (C=O) groups excluding carboxylic acids is 1. The van der Waals surface area contributed by atoms with E-state index in [0.29, 0.717) is 44.2 Å². The van der Waals surface area contributed by atoms with Crippen molar-refractivity contribution in [2.24, 2.45) is 10.8 Å². The number of hydrogen-bond donors (Lipinski definition) is 6. The number of nitrogens with two attached hydrogens (primary N) is 1. The topological polar surface area (TPSA) is 219 Å². The van der Waals surface area contributed by atoms with Gasteiger partial charge >= 0.3 is 13.6 Å². The second kappa shape index (κ2) is 15.7. The van der Waals surface area contributed by atoms with Crippen LogP contribution in [0.1, 0.15) is 42.5 Å². The molecule has 0 aliphatic carbocycles. The molecule has 33 heavy (non-hydrogen) atoms. The predicted molar refractivity (Wildman–Crippen MR) is 131 cm³/mol. The van der Waals surface area contributed by atoms with E-state index in [-0.39, 0.29) is 50.1 Å². The Morgan fingerprint density at radius 2 is 1.91 bits per heavy atom. The molecule has 177 valence electrons. The summed E-state index contributed by atoms with van der Waals surface area (Å²) in [5.74, 6) is -2.02. The summed E-state index contributed by atoms with van der Waals surface area (Å²) in [6.45, 7) is 0.349. The smallest absolute Gasteiger partial charge is 0.329 e. The van der Waals surface area contributed by atoms with Crippen LogP contribution in [0.15, 0.2) is 28.9 Å². The Morgan fingerprint density at radius 3 is 2.48 bits per heavy atom. The number of carbonyl (C=O) groups is 2. The standard InChI is InChI=1S/C18H25IN5O7P.Na/c19-15-14(23-24-21)7-6-12(16(15)25)17(26)22-8-4-2-1-3-5-11(10-32(29,30)31)9-13(20)18(27)28;/h6-7,9,13,25H,1-5,8,10,20H2,(H,22,26)(H,27,28)(H2,29,30,31);/b11-9+;. The number of hydrogen-bond acceptors (Lipinski definition) is 6. The molecule has 15 heteroatoms. The van der Waals surface area contributed by atoms with Crippen LogP contribution in [0.4, 0.5) is 5.69 Å². The van der Waals surface area contributed by atoms with E-state index in [2.05, 4.69) is 15.3 Å². The average Bonchev–Trinajstić information content (AvgIpc) is 2.69. The molecule has 0 fully saturated rings. The predicted octanol–water partition coefficient (Wildman–Crippen LogP) is 2.75. The van der Waals surface area contributed by atoms with Gasteiger partial charge in [0.15, 0.2) is 0 Å². The number of rotatable bonds is 13. The zero-order valence-electron chi connectivity index (χ0n) is 18.0. The van der Waals surface area contributed by atoms with Crippen molar-refractivity contribution in [3.05, 3.63) is 43.4 Å². The van der Waals surface area contributed by atoms with Crippen LogP contribution < -0.4 is 11.1 Å². The number of allylic oxidation sites excluding steroid dienone is 1. The largest absolute Gasteiger partial charge is 0.506 e. The average molecular weight is 604 g/mol. The SMILES string of the molecule is [N-]=[N+]=Nc1ccc(C(=O)NCCCCCC/C(=C\C(N)C(=O)O)CP(=O)(O)O)c(O)c1I.[Na]. The number of halogens is 1. The van der Waals surface area contributed by atoms with Gasteiger partial charge in [-0.05, 0) is 53.5 Å². The zero-order valence-corrected chi connectivity index (χ0v) is 23.1. The minimum atomic E-state index is -4.34. The molecule has 1 aromatic carbocycles. The number of unbranched alkanes of at least 4 members (excludes halogenated alkanes) is 3. The van der Waals surface area contributed by atoms with E-state index in [1.807, 2.05) is 0 Å². The molecule has 1 radical (unpaired) electrons. The molecule has 0 bridgehead atoms. The number of phenolic OH excluding ortho intramolecular Hbond substituents is 1. The van der Waals surface area contributed by atoms with Gasteiger partial charge in [0, 0.05) is 41.0 Å². The molecule has 1 atom stereocenters. The summed E-state index contributed by atoms with van der Waals surface area (Å²) < 4.78 is 11.5. The van der Waals surface area contributed by atoms with Crippen LogP contribution in [0.3, 0.4) is 0 Å². The van der Waals surface area contributed by atoms with Crippen LogP contribution >= 0.6 is 30.2 Å². The molecule has 0 aliphatic rings. The van der Waals surface area contributed by atoms with Crippen LogP contribution in [0.2, 0.25) is 0 Å². The van der Waals surface area contributed by atoms with Crippen molar-refractivity contribution in [2.45, 2.75) is 38.1 Å². The molecular weight excluding hydrogens is 579 g/mol. The maximum Gasteiger partial charge on any atom is 0.329 e. The van der Waals surface area contributed by atoms with Crippen molar-refractivity contribution >= 4 is 77.3 Å². The summed E-state index contributed by atoms with van der Waals surface area (Å²) >= 11 is 1.78. The summed E-state index contributed by atoms with van der Waals surface area (Å²) in [5.41, 5.74) is 14.5. The summed E-state index contributed by atoms with van der Waals surface area (Å²) in [5, 5.41) is 25.1. The maximum atomic E-state index is 12.2. The number of benzene rings is 1. The van der Waals surface area contributed by atoms with Gasteiger partial charge in [0.05, 0.1) is 21.0 Å². The van der Waals surface area contributed by atoms with E-state index in [0.717, 1.165) is 0 Å². The van der Waals surface area contributed by atoms with Crippen molar-refractivity contribution in [3.63, 3.8) is 0 Å². The normalized spacial score (nSPS) is 12.3. The first-order valence-electron chi connectivity index (χ1n) is 9.53. The molecule has 0 spiro atoms. The Labute approximate surface area is 226 Å². The quantitative estimate of drug-likeness (QED) is 0.0287. The Bertz CT molecular complexity index is 966. The Hall–Kier alpha value is -1.15. The molecule has 1 unspecified atom stereocenters. The molecule has 0 aliphatic heterocycles. The number of azide groups is 1. The van der Waals surface area contributed by atoms with Crippen LogP contribution in [-0.2, 0) is 9.36 Å². The van der Waals surface area contributed by atoms with Gasteiger partial charge in [-0.15, -0.1) is 0 Å². The molecule has 12 nitrogen and oxygen atoms in total. The van der Waals surface area contributed by atoms with E-state index < -0.39 is 31.7 Å². The molecule has 0 saturated carbocycles. The molecule has 0 saturated heterocycles. The Kier molecular flexibility index (Phi) is 15.1. The number of aromatic hydroxyl groups is 1. The second-order valence-electron chi connectivity index (χ2n) is 6.92. The fraction of sp³-hybridized carbons (Fsp3) is 0.444. The van der Waals surface area contributed by atoms with Gasteiger partial charge in [-0.3, -0.25) is 14.2 Å². The number of aliphatic carboxylic acids is 1. The minimum Gasteiger partial charge on any atom is -0.506 e. The first kappa shape index (κ1) is 31.9. The minimum absolute atomic E-state index is 0. The Morgan fingerprint density at radius 1 is 1.27 bits per heavy atom. The number of amides is 1. The number of carboxylic acids is 1. The van der Waals surface area contributed by atoms with Crippen molar-refractivity contribution in [1.29, 1.82) is 0 Å². The summed E-state index contributed by atoms with van der Waals surface area (Å²) in [7, 11) is -4.34. The van der Waals surface area contributed by atoms with E-state index in [1.165, 1.54) is 18.2 Å². The molecule has 1 aromatic rings. The van der Waals surface area contributed by atoms with Gasteiger partial charge in [-0.1, -0.05) is 35.7 Å². The van der Waals surface area contributed by atoms with E-state index in [9.17, 15) is 19.3 Å². The van der Waals surface area contributed by atoms with Gasteiger partial charge in [-0.2, -0.15) is 0 Å². The fourth-order valence-corrected chi connectivity index (χ4v) is 4.17. The second-order valence-corrected chi connectivity index (χ2v) is 9.64. The first-order valence-corrected chi connectivity index (χ1v) is 12.4. The van der Waals surface area contributed by atoms with Gasteiger partial charge < -0.3 is 31.1 Å². The van der Waals surface area contributed by atoms with E-state index in [1.54, 1.807) is 22.6 Å². The van der Waals surface area contributed by atoms with Crippen LogP contribution in [0, 0.1) is 3.57 Å². The number of nitrogens with zero attached hydrogens (tertiary/aromatic N) is 3. The summed E-state index contributed by atoms with van der Waals surface area (Å²) in [6, 6.07) is 1.48.